The molecule has 0 saturated heterocycles. The molecule has 17 heavy (non-hydrogen) atoms. The molecule has 1 rings (SSSR count). The van der Waals surface area contributed by atoms with Crippen LogP contribution in [-0.2, 0) is 11.3 Å². The molecule has 1 N–H and O–H groups in total. The third-order valence-electron chi connectivity index (χ3n) is 2.76. The van der Waals surface area contributed by atoms with Gasteiger partial charge in [-0.2, -0.15) is 0 Å². The average Bonchev–Trinajstić information content (AvgIpc) is 2.37. The van der Waals surface area contributed by atoms with Gasteiger partial charge in [0.1, 0.15) is 0 Å². The zero-order valence-electron chi connectivity index (χ0n) is 11.0. The highest BCUT2D eigenvalue weighted by atomic mass is 32.2. The van der Waals surface area contributed by atoms with Crippen molar-refractivity contribution in [2.75, 3.05) is 20.0 Å². The van der Waals surface area contributed by atoms with E-state index >= 15 is 0 Å². The van der Waals surface area contributed by atoms with Crippen LogP contribution >= 0.6 is 11.8 Å². The lowest BCUT2D eigenvalue weighted by atomic mass is 10.1. The Morgan fingerprint density at radius 2 is 2.00 bits per heavy atom. The molecule has 1 aromatic carbocycles. The third kappa shape index (κ3) is 5.57. The molecule has 0 fully saturated rings. The van der Waals surface area contributed by atoms with Crippen molar-refractivity contribution in [3.8, 4) is 0 Å². The van der Waals surface area contributed by atoms with E-state index in [0.29, 0.717) is 6.04 Å². The third-order valence-corrected chi connectivity index (χ3v) is 3.50. The minimum Gasteiger partial charge on any atom is -0.383 e. The first-order valence-corrected chi connectivity index (χ1v) is 7.37. The number of benzene rings is 1. The monoisotopic (exact) mass is 253 g/mol. The van der Waals surface area contributed by atoms with E-state index in [0.717, 1.165) is 19.6 Å². The van der Waals surface area contributed by atoms with Gasteiger partial charge in [0.2, 0.25) is 0 Å². The van der Waals surface area contributed by atoms with E-state index in [4.69, 9.17) is 4.74 Å². The van der Waals surface area contributed by atoms with Crippen molar-refractivity contribution in [2.24, 2.45) is 0 Å². The molecular formula is C14H23NOS. The summed E-state index contributed by atoms with van der Waals surface area (Å²) in [7, 11) is 1.76. The molecule has 0 spiro atoms. The second-order valence-electron chi connectivity index (χ2n) is 4.17. The highest BCUT2D eigenvalue weighted by Gasteiger charge is 2.06. The van der Waals surface area contributed by atoms with Crippen molar-refractivity contribution in [2.45, 2.75) is 37.2 Å². The van der Waals surface area contributed by atoms with E-state index in [2.05, 4.69) is 42.8 Å². The van der Waals surface area contributed by atoms with E-state index in [-0.39, 0.29) is 0 Å². The molecule has 0 heterocycles. The minimum absolute atomic E-state index is 0.463. The summed E-state index contributed by atoms with van der Waals surface area (Å²) in [5, 5.41) is 3.54. The second-order valence-corrected chi connectivity index (χ2v) is 5.05. The molecule has 1 unspecified atom stereocenters. The fourth-order valence-electron chi connectivity index (χ4n) is 1.80. The molecule has 0 aliphatic carbocycles. The molecule has 0 saturated carbocycles. The Bertz CT molecular complexity index is 294. The van der Waals surface area contributed by atoms with Gasteiger partial charge in [-0.25, -0.2) is 0 Å². The van der Waals surface area contributed by atoms with Crippen molar-refractivity contribution in [1.82, 2.24) is 5.32 Å². The zero-order valence-corrected chi connectivity index (χ0v) is 11.8. The maximum absolute atomic E-state index is 5.22. The second kappa shape index (κ2) is 8.56. The first-order chi connectivity index (χ1) is 8.30. The lowest BCUT2D eigenvalue weighted by molar-refractivity contribution is 0.161. The summed E-state index contributed by atoms with van der Waals surface area (Å²) >= 11 is 1.78. The SMILES string of the molecule is CCCC(COC)NCc1ccc(SC)cc1. The minimum atomic E-state index is 0.463. The Hall–Kier alpha value is -0.510. The molecule has 1 aromatic rings. The predicted molar refractivity (Wildman–Crippen MR) is 75.6 cm³/mol. The van der Waals surface area contributed by atoms with Gasteiger partial charge in [0.15, 0.2) is 0 Å². The van der Waals surface area contributed by atoms with Crippen LogP contribution in [0.1, 0.15) is 25.3 Å². The van der Waals surface area contributed by atoms with Crippen LogP contribution in [-0.4, -0.2) is 26.0 Å². The van der Waals surface area contributed by atoms with Crippen LogP contribution in [0.2, 0.25) is 0 Å². The maximum atomic E-state index is 5.22. The van der Waals surface area contributed by atoms with E-state index < -0.39 is 0 Å². The summed E-state index contributed by atoms with van der Waals surface area (Å²) in [4.78, 5) is 1.32. The van der Waals surface area contributed by atoms with Crippen LogP contribution in [0.3, 0.4) is 0 Å². The van der Waals surface area contributed by atoms with E-state index in [1.807, 2.05) is 0 Å². The van der Waals surface area contributed by atoms with Crippen LogP contribution in [0, 0.1) is 0 Å². The summed E-state index contributed by atoms with van der Waals surface area (Å²) in [6, 6.07) is 9.19. The molecule has 2 nitrogen and oxygen atoms in total. The van der Waals surface area contributed by atoms with Crippen molar-refractivity contribution in [1.29, 1.82) is 0 Å². The first-order valence-electron chi connectivity index (χ1n) is 6.15. The standard InChI is InChI=1S/C14H23NOS/c1-4-5-13(11-16-2)15-10-12-6-8-14(17-3)9-7-12/h6-9,13,15H,4-5,10-11H2,1-3H3. The van der Waals surface area contributed by atoms with Gasteiger partial charge in [0, 0.05) is 24.6 Å². The molecule has 0 radical (unpaired) electrons. The smallest absolute Gasteiger partial charge is 0.0615 e. The van der Waals surface area contributed by atoms with Crippen LogP contribution < -0.4 is 5.32 Å². The maximum Gasteiger partial charge on any atom is 0.0615 e. The molecule has 3 heteroatoms. The topological polar surface area (TPSA) is 21.3 Å². The number of nitrogens with one attached hydrogen (secondary N) is 1. The summed E-state index contributed by atoms with van der Waals surface area (Å²) < 4.78 is 5.22. The predicted octanol–water partition coefficient (Wildman–Crippen LogP) is 3.31. The highest BCUT2D eigenvalue weighted by molar-refractivity contribution is 7.98. The number of methoxy groups -OCH3 is 1. The number of ether oxygens (including phenoxy) is 1. The van der Waals surface area contributed by atoms with Crippen molar-refractivity contribution in [3.05, 3.63) is 29.8 Å². The zero-order chi connectivity index (χ0) is 12.5. The number of rotatable bonds is 8. The van der Waals surface area contributed by atoms with E-state index in [1.165, 1.54) is 16.9 Å². The van der Waals surface area contributed by atoms with E-state index in [9.17, 15) is 0 Å². The van der Waals surface area contributed by atoms with E-state index in [1.54, 1.807) is 18.9 Å². The lowest BCUT2D eigenvalue weighted by Gasteiger charge is -2.17. The van der Waals surface area contributed by atoms with Crippen LogP contribution in [0.15, 0.2) is 29.2 Å². The van der Waals surface area contributed by atoms with Gasteiger partial charge < -0.3 is 10.1 Å². The summed E-state index contributed by atoms with van der Waals surface area (Å²) in [5.41, 5.74) is 1.33. The number of hydrogen-bond donors (Lipinski definition) is 1. The van der Waals surface area contributed by atoms with Gasteiger partial charge in [0.25, 0.3) is 0 Å². The van der Waals surface area contributed by atoms with Gasteiger partial charge in [-0.1, -0.05) is 25.5 Å². The summed E-state index contributed by atoms with van der Waals surface area (Å²) in [6.07, 6.45) is 4.45. The molecule has 1 atom stereocenters. The molecule has 96 valence electrons. The number of thioether (sulfide) groups is 1. The Labute approximate surface area is 109 Å². The Morgan fingerprint density at radius 1 is 1.29 bits per heavy atom. The summed E-state index contributed by atoms with van der Waals surface area (Å²) in [5.74, 6) is 0. The molecule has 0 amide bonds. The quantitative estimate of drug-likeness (QED) is 0.718. The largest absolute Gasteiger partial charge is 0.383 e. The van der Waals surface area contributed by atoms with Gasteiger partial charge in [-0.3, -0.25) is 0 Å². The van der Waals surface area contributed by atoms with Crippen LogP contribution in [0.25, 0.3) is 0 Å². The average molecular weight is 253 g/mol. The molecule has 0 bridgehead atoms. The first kappa shape index (κ1) is 14.6. The van der Waals surface area contributed by atoms with Gasteiger partial charge in [-0.15, -0.1) is 11.8 Å². The van der Waals surface area contributed by atoms with Gasteiger partial charge in [-0.05, 0) is 30.4 Å². The van der Waals surface area contributed by atoms with Crippen LogP contribution in [0.4, 0.5) is 0 Å². The number of hydrogen-bond acceptors (Lipinski definition) is 3. The van der Waals surface area contributed by atoms with Gasteiger partial charge in [0.05, 0.1) is 6.61 Å². The molecular weight excluding hydrogens is 230 g/mol. The fraction of sp³-hybridized carbons (Fsp3) is 0.571. The lowest BCUT2D eigenvalue weighted by Crippen LogP contribution is -2.32. The highest BCUT2D eigenvalue weighted by Crippen LogP contribution is 2.14. The Balaban J connectivity index is 2.41. The Kier molecular flexibility index (Phi) is 7.33. The van der Waals surface area contributed by atoms with Crippen molar-refractivity contribution >= 4 is 11.8 Å². The van der Waals surface area contributed by atoms with Gasteiger partial charge >= 0.3 is 0 Å². The van der Waals surface area contributed by atoms with Crippen LogP contribution in [0.5, 0.6) is 0 Å². The fourth-order valence-corrected chi connectivity index (χ4v) is 2.21. The molecule has 0 aliphatic rings. The molecule has 0 aromatic heterocycles. The Morgan fingerprint density at radius 3 is 2.53 bits per heavy atom. The van der Waals surface area contributed by atoms with Crippen molar-refractivity contribution < 1.29 is 4.74 Å². The molecule has 0 aliphatic heterocycles. The normalized spacial score (nSPS) is 12.6. The van der Waals surface area contributed by atoms with Crippen molar-refractivity contribution in [3.63, 3.8) is 0 Å². The summed E-state index contributed by atoms with van der Waals surface area (Å²) in [6.45, 7) is 3.91.